The van der Waals surface area contributed by atoms with Gasteiger partial charge in [-0.25, -0.2) is 4.79 Å². The standard InChI is InChI=1S/C24H19Cl2N3O4S/c25-15-7-8-17(26)19(11-15)28-22(30)13-33-24(32)20(29-23(31)21-6-3-9-34-21)10-14-12-27-18-5-2-1-4-16(14)18/h1-9,11-12,20,27H,10,13H2,(H,28,30)(H,29,31). The normalized spacial score (nSPS) is 11.7. The lowest BCUT2D eigenvalue weighted by Crippen LogP contribution is -2.43. The number of nitrogens with one attached hydrogen (secondary N) is 3. The number of amides is 2. The zero-order chi connectivity index (χ0) is 24.1. The number of carbonyl (C=O) groups excluding carboxylic acids is 3. The third-order valence-corrected chi connectivity index (χ3v) is 6.42. The van der Waals surface area contributed by atoms with E-state index in [1.54, 1.807) is 35.8 Å². The molecule has 3 N–H and O–H groups in total. The fraction of sp³-hybridized carbons (Fsp3) is 0.125. The van der Waals surface area contributed by atoms with E-state index >= 15 is 0 Å². The fourth-order valence-electron chi connectivity index (χ4n) is 3.37. The minimum Gasteiger partial charge on any atom is -0.454 e. The largest absolute Gasteiger partial charge is 0.454 e. The zero-order valence-corrected chi connectivity index (χ0v) is 20.0. The van der Waals surface area contributed by atoms with Gasteiger partial charge < -0.3 is 20.4 Å². The number of thiophene rings is 1. The highest BCUT2D eigenvalue weighted by Gasteiger charge is 2.26. The van der Waals surface area contributed by atoms with E-state index in [0.29, 0.717) is 20.6 Å². The number of carbonyl (C=O) groups is 3. The number of hydrogen-bond acceptors (Lipinski definition) is 5. The van der Waals surface area contributed by atoms with Crippen LogP contribution in [0.2, 0.25) is 10.0 Å². The number of halogens is 2. The lowest BCUT2D eigenvalue weighted by molar-refractivity contribution is -0.149. The quantitative estimate of drug-likeness (QED) is 0.285. The molecule has 0 spiro atoms. The molecule has 1 atom stereocenters. The highest BCUT2D eigenvalue weighted by molar-refractivity contribution is 7.12. The van der Waals surface area contributed by atoms with Crippen LogP contribution < -0.4 is 10.6 Å². The van der Waals surface area contributed by atoms with Crippen LogP contribution in [0.1, 0.15) is 15.2 Å². The average Bonchev–Trinajstić information content (AvgIpc) is 3.50. The molecule has 0 bridgehead atoms. The summed E-state index contributed by atoms with van der Waals surface area (Å²) in [5, 5.41) is 8.67. The summed E-state index contributed by atoms with van der Waals surface area (Å²) in [6.07, 6.45) is 1.97. The van der Waals surface area contributed by atoms with Gasteiger partial charge in [-0.1, -0.05) is 47.5 Å². The summed E-state index contributed by atoms with van der Waals surface area (Å²) in [7, 11) is 0. The molecule has 7 nitrogen and oxygen atoms in total. The van der Waals surface area contributed by atoms with Crippen molar-refractivity contribution < 1.29 is 19.1 Å². The number of hydrogen-bond donors (Lipinski definition) is 3. The number of rotatable bonds is 8. The van der Waals surface area contributed by atoms with Crippen molar-refractivity contribution >= 4 is 68.9 Å². The minimum atomic E-state index is -1.00. The van der Waals surface area contributed by atoms with Crippen molar-refractivity contribution in [3.63, 3.8) is 0 Å². The molecule has 1 unspecified atom stereocenters. The first-order chi connectivity index (χ1) is 16.4. The Morgan fingerprint density at radius 3 is 2.68 bits per heavy atom. The Morgan fingerprint density at radius 1 is 1.06 bits per heavy atom. The number of aromatic amines is 1. The molecular weight excluding hydrogens is 497 g/mol. The van der Waals surface area contributed by atoms with Crippen LogP contribution in [0, 0.1) is 0 Å². The molecule has 2 heterocycles. The first-order valence-corrected chi connectivity index (χ1v) is 11.8. The van der Waals surface area contributed by atoms with Crippen molar-refractivity contribution in [3.8, 4) is 0 Å². The molecule has 2 aromatic carbocycles. The van der Waals surface area contributed by atoms with Gasteiger partial charge in [0.05, 0.1) is 15.6 Å². The number of para-hydroxylation sites is 1. The number of ether oxygens (including phenoxy) is 1. The molecule has 0 aliphatic heterocycles. The predicted molar refractivity (Wildman–Crippen MR) is 134 cm³/mol. The molecule has 174 valence electrons. The van der Waals surface area contributed by atoms with Crippen LogP contribution in [0.25, 0.3) is 10.9 Å². The van der Waals surface area contributed by atoms with E-state index < -0.39 is 30.4 Å². The van der Waals surface area contributed by atoms with Crippen molar-refractivity contribution in [3.05, 3.63) is 86.7 Å². The second kappa shape index (κ2) is 10.7. The summed E-state index contributed by atoms with van der Waals surface area (Å²) < 4.78 is 5.24. The third kappa shape index (κ3) is 5.77. The highest BCUT2D eigenvalue weighted by atomic mass is 35.5. The number of benzene rings is 2. The van der Waals surface area contributed by atoms with Gasteiger partial charge in [-0.3, -0.25) is 9.59 Å². The first-order valence-electron chi connectivity index (χ1n) is 10.2. The molecule has 34 heavy (non-hydrogen) atoms. The van der Waals surface area contributed by atoms with Crippen LogP contribution in [-0.2, 0) is 20.7 Å². The van der Waals surface area contributed by atoms with Gasteiger partial charge in [0, 0.05) is 28.5 Å². The van der Waals surface area contributed by atoms with E-state index in [9.17, 15) is 14.4 Å². The molecule has 0 fully saturated rings. The predicted octanol–water partition coefficient (Wildman–Crippen LogP) is 5.06. The summed E-state index contributed by atoms with van der Waals surface area (Å²) in [6.45, 7) is -0.555. The number of aromatic nitrogens is 1. The lowest BCUT2D eigenvalue weighted by Gasteiger charge is -2.17. The lowest BCUT2D eigenvalue weighted by atomic mass is 10.0. The number of H-pyrrole nitrogens is 1. The van der Waals surface area contributed by atoms with Gasteiger partial charge in [0.2, 0.25) is 0 Å². The maximum atomic E-state index is 12.9. The zero-order valence-electron chi connectivity index (χ0n) is 17.6. The van der Waals surface area contributed by atoms with Gasteiger partial charge in [-0.15, -0.1) is 11.3 Å². The van der Waals surface area contributed by atoms with Crippen LogP contribution in [0.5, 0.6) is 0 Å². The summed E-state index contributed by atoms with van der Waals surface area (Å²) in [4.78, 5) is 41.5. The second-order valence-corrected chi connectivity index (χ2v) is 9.14. The monoisotopic (exact) mass is 515 g/mol. The molecule has 2 amide bonds. The Hall–Kier alpha value is -3.33. The Labute approximate surface area is 209 Å². The van der Waals surface area contributed by atoms with Crippen molar-refractivity contribution in [1.82, 2.24) is 10.3 Å². The molecule has 4 aromatic rings. The number of fused-ring (bicyclic) bond motifs is 1. The molecule has 4 rings (SSSR count). The third-order valence-electron chi connectivity index (χ3n) is 4.98. The second-order valence-electron chi connectivity index (χ2n) is 7.35. The molecule has 0 saturated heterocycles. The van der Waals surface area contributed by atoms with E-state index in [2.05, 4.69) is 15.6 Å². The van der Waals surface area contributed by atoms with Gasteiger partial charge in [0.15, 0.2) is 6.61 Å². The van der Waals surface area contributed by atoms with Gasteiger partial charge in [0.25, 0.3) is 11.8 Å². The Kier molecular flexibility index (Phi) is 7.52. The van der Waals surface area contributed by atoms with E-state index in [4.69, 9.17) is 27.9 Å². The smallest absolute Gasteiger partial charge is 0.329 e. The van der Waals surface area contributed by atoms with Gasteiger partial charge in [0.1, 0.15) is 6.04 Å². The van der Waals surface area contributed by atoms with Gasteiger partial charge >= 0.3 is 5.97 Å². The van der Waals surface area contributed by atoms with Crippen molar-refractivity contribution in [2.75, 3.05) is 11.9 Å². The minimum absolute atomic E-state index is 0.182. The fourth-order valence-corrected chi connectivity index (χ4v) is 4.33. The molecule has 10 heteroatoms. The Balaban J connectivity index is 1.46. The number of esters is 1. The Bertz CT molecular complexity index is 1340. The van der Waals surface area contributed by atoms with E-state index in [-0.39, 0.29) is 6.42 Å². The van der Waals surface area contributed by atoms with Gasteiger partial charge in [-0.05, 0) is 41.3 Å². The molecular formula is C24H19Cl2N3O4S. The molecule has 0 saturated carbocycles. The average molecular weight is 516 g/mol. The van der Waals surface area contributed by atoms with Crippen LogP contribution in [0.15, 0.2) is 66.2 Å². The summed E-state index contributed by atoms with van der Waals surface area (Å²) in [5.41, 5.74) is 2.04. The van der Waals surface area contributed by atoms with Crippen LogP contribution in [0.3, 0.4) is 0 Å². The van der Waals surface area contributed by atoms with Crippen molar-refractivity contribution in [2.24, 2.45) is 0 Å². The van der Waals surface area contributed by atoms with E-state index in [0.717, 1.165) is 16.5 Å². The molecule has 0 aliphatic rings. The van der Waals surface area contributed by atoms with Crippen LogP contribution >= 0.6 is 34.5 Å². The molecule has 0 aliphatic carbocycles. The highest BCUT2D eigenvalue weighted by Crippen LogP contribution is 2.25. The van der Waals surface area contributed by atoms with Crippen LogP contribution in [0.4, 0.5) is 5.69 Å². The van der Waals surface area contributed by atoms with Crippen molar-refractivity contribution in [1.29, 1.82) is 0 Å². The first kappa shape index (κ1) is 23.8. The maximum absolute atomic E-state index is 12.9. The molecule has 2 aromatic heterocycles. The van der Waals surface area contributed by atoms with Gasteiger partial charge in [-0.2, -0.15) is 0 Å². The SMILES string of the molecule is O=C(COC(=O)C(Cc1c[nH]c2ccccc12)NC(=O)c1cccs1)Nc1cc(Cl)ccc1Cl. The van der Waals surface area contributed by atoms with Crippen LogP contribution in [-0.4, -0.2) is 35.4 Å². The maximum Gasteiger partial charge on any atom is 0.329 e. The van der Waals surface area contributed by atoms with Crippen molar-refractivity contribution in [2.45, 2.75) is 12.5 Å². The summed E-state index contributed by atoms with van der Waals surface area (Å²) in [5.74, 6) is -1.72. The summed E-state index contributed by atoms with van der Waals surface area (Å²) in [6, 6.07) is 14.7. The van der Waals surface area contributed by atoms with E-state index in [1.807, 2.05) is 24.3 Å². The summed E-state index contributed by atoms with van der Waals surface area (Å²) >= 11 is 13.2. The number of anilines is 1. The molecule has 0 radical (unpaired) electrons. The Morgan fingerprint density at radius 2 is 1.88 bits per heavy atom. The topological polar surface area (TPSA) is 100 Å². The van der Waals surface area contributed by atoms with E-state index in [1.165, 1.54) is 17.4 Å².